The molecule has 2 aliphatic rings. The molecule has 2 amide bonds. The molecule has 0 spiro atoms. The van der Waals surface area contributed by atoms with E-state index < -0.39 is 6.09 Å². The Labute approximate surface area is 109 Å². The standard InChI is InChI=1S/C14H23NO3/c1-9(2)12-8-18-14(17)15(12)13(16)10(3)11-6-4-5-7-11/h9-12H,4-8H2,1-3H3. The molecule has 0 aromatic heterocycles. The van der Waals surface area contributed by atoms with Crippen molar-refractivity contribution in [2.45, 2.75) is 52.5 Å². The summed E-state index contributed by atoms with van der Waals surface area (Å²) >= 11 is 0. The molecule has 0 aromatic rings. The van der Waals surface area contributed by atoms with Crippen molar-refractivity contribution in [2.24, 2.45) is 17.8 Å². The van der Waals surface area contributed by atoms with Crippen LogP contribution in [0.5, 0.6) is 0 Å². The van der Waals surface area contributed by atoms with E-state index in [-0.39, 0.29) is 23.8 Å². The topological polar surface area (TPSA) is 46.6 Å². The molecule has 4 heteroatoms. The highest BCUT2D eigenvalue weighted by atomic mass is 16.6. The third-order valence-corrected chi connectivity index (χ3v) is 4.41. The molecule has 1 saturated carbocycles. The first-order chi connectivity index (χ1) is 8.52. The molecule has 0 aromatic carbocycles. The van der Waals surface area contributed by atoms with Crippen LogP contribution in [-0.4, -0.2) is 29.5 Å². The van der Waals surface area contributed by atoms with Crippen molar-refractivity contribution in [3.8, 4) is 0 Å². The van der Waals surface area contributed by atoms with Gasteiger partial charge in [0.25, 0.3) is 0 Å². The number of hydrogen-bond acceptors (Lipinski definition) is 3. The van der Waals surface area contributed by atoms with Crippen LogP contribution in [0.3, 0.4) is 0 Å². The fourth-order valence-electron chi connectivity index (χ4n) is 3.06. The summed E-state index contributed by atoms with van der Waals surface area (Å²) in [6.45, 7) is 6.35. The third-order valence-electron chi connectivity index (χ3n) is 4.41. The highest BCUT2D eigenvalue weighted by molar-refractivity contribution is 5.94. The van der Waals surface area contributed by atoms with Crippen LogP contribution < -0.4 is 0 Å². The predicted octanol–water partition coefficient (Wildman–Crippen LogP) is 2.82. The van der Waals surface area contributed by atoms with Crippen LogP contribution in [0.4, 0.5) is 4.79 Å². The van der Waals surface area contributed by atoms with E-state index in [2.05, 4.69) is 0 Å². The number of carbonyl (C=O) groups excluding carboxylic acids is 2. The molecule has 1 heterocycles. The number of ether oxygens (including phenoxy) is 1. The van der Waals surface area contributed by atoms with Crippen molar-refractivity contribution < 1.29 is 14.3 Å². The van der Waals surface area contributed by atoms with Crippen LogP contribution in [0.2, 0.25) is 0 Å². The van der Waals surface area contributed by atoms with E-state index in [4.69, 9.17) is 4.74 Å². The lowest BCUT2D eigenvalue weighted by Gasteiger charge is -2.27. The molecule has 1 aliphatic heterocycles. The zero-order valence-electron chi connectivity index (χ0n) is 11.5. The summed E-state index contributed by atoms with van der Waals surface area (Å²) < 4.78 is 5.04. The van der Waals surface area contributed by atoms with Gasteiger partial charge in [-0.05, 0) is 24.7 Å². The third kappa shape index (κ3) is 2.38. The summed E-state index contributed by atoms with van der Waals surface area (Å²) in [5.41, 5.74) is 0. The van der Waals surface area contributed by atoms with Gasteiger partial charge >= 0.3 is 6.09 Å². The zero-order chi connectivity index (χ0) is 13.3. The van der Waals surface area contributed by atoms with Gasteiger partial charge in [-0.2, -0.15) is 0 Å². The van der Waals surface area contributed by atoms with Gasteiger partial charge < -0.3 is 4.74 Å². The monoisotopic (exact) mass is 253 g/mol. The van der Waals surface area contributed by atoms with E-state index in [0.717, 1.165) is 12.8 Å². The van der Waals surface area contributed by atoms with Crippen molar-refractivity contribution in [3.63, 3.8) is 0 Å². The van der Waals surface area contributed by atoms with Crippen LogP contribution in [0.1, 0.15) is 46.5 Å². The number of hydrogen-bond donors (Lipinski definition) is 0. The minimum atomic E-state index is -0.455. The summed E-state index contributed by atoms with van der Waals surface area (Å²) in [4.78, 5) is 25.6. The molecule has 2 fully saturated rings. The SMILES string of the molecule is CC(C)C1COC(=O)N1C(=O)C(C)C1CCCC1. The molecule has 0 radical (unpaired) electrons. The van der Waals surface area contributed by atoms with Crippen molar-refractivity contribution in [3.05, 3.63) is 0 Å². The maximum absolute atomic E-state index is 12.5. The second-order valence-corrected chi connectivity index (χ2v) is 5.93. The first-order valence-corrected chi connectivity index (χ1v) is 7.02. The van der Waals surface area contributed by atoms with Crippen molar-refractivity contribution in [1.82, 2.24) is 4.90 Å². The molecule has 1 saturated heterocycles. The number of imide groups is 1. The first kappa shape index (κ1) is 13.4. The molecular formula is C14H23NO3. The molecule has 4 nitrogen and oxygen atoms in total. The van der Waals surface area contributed by atoms with Gasteiger partial charge in [-0.1, -0.05) is 33.6 Å². The summed E-state index contributed by atoms with van der Waals surface area (Å²) in [5, 5.41) is 0. The molecule has 18 heavy (non-hydrogen) atoms. The van der Waals surface area contributed by atoms with Crippen LogP contribution in [0.15, 0.2) is 0 Å². The van der Waals surface area contributed by atoms with Gasteiger partial charge in [0, 0.05) is 5.92 Å². The lowest BCUT2D eigenvalue weighted by molar-refractivity contribution is -0.135. The van der Waals surface area contributed by atoms with Crippen LogP contribution in [-0.2, 0) is 9.53 Å². The van der Waals surface area contributed by atoms with Gasteiger partial charge in [0.15, 0.2) is 0 Å². The number of carbonyl (C=O) groups is 2. The minimum Gasteiger partial charge on any atom is -0.447 e. The molecule has 0 N–H and O–H groups in total. The fraction of sp³-hybridized carbons (Fsp3) is 0.857. The van der Waals surface area contributed by atoms with Crippen molar-refractivity contribution in [1.29, 1.82) is 0 Å². The van der Waals surface area contributed by atoms with E-state index in [1.165, 1.54) is 17.7 Å². The Morgan fingerprint density at radius 3 is 2.44 bits per heavy atom. The summed E-state index contributed by atoms with van der Waals surface area (Å²) in [6, 6.07) is -0.0890. The summed E-state index contributed by atoms with van der Waals surface area (Å²) in [6.07, 6.45) is 4.19. The Balaban J connectivity index is 2.08. The maximum atomic E-state index is 12.5. The number of amides is 2. The van der Waals surface area contributed by atoms with Gasteiger partial charge in [-0.25, -0.2) is 9.69 Å². The second kappa shape index (κ2) is 5.29. The van der Waals surface area contributed by atoms with Crippen LogP contribution >= 0.6 is 0 Å². The van der Waals surface area contributed by atoms with Gasteiger partial charge in [-0.15, -0.1) is 0 Å². The molecule has 2 atom stereocenters. The van der Waals surface area contributed by atoms with Gasteiger partial charge in [0.1, 0.15) is 6.61 Å². The summed E-state index contributed by atoms with van der Waals surface area (Å²) in [7, 11) is 0. The largest absolute Gasteiger partial charge is 0.447 e. The maximum Gasteiger partial charge on any atom is 0.416 e. The lowest BCUT2D eigenvalue weighted by atomic mass is 9.90. The van der Waals surface area contributed by atoms with E-state index in [9.17, 15) is 9.59 Å². The first-order valence-electron chi connectivity index (χ1n) is 7.02. The molecule has 2 rings (SSSR count). The Morgan fingerprint density at radius 1 is 1.28 bits per heavy atom. The molecule has 102 valence electrons. The Kier molecular flexibility index (Phi) is 3.93. The quantitative estimate of drug-likeness (QED) is 0.777. The Bertz CT molecular complexity index is 334. The van der Waals surface area contributed by atoms with Gasteiger partial charge in [-0.3, -0.25) is 4.79 Å². The Hall–Kier alpha value is -1.06. The second-order valence-electron chi connectivity index (χ2n) is 5.93. The number of cyclic esters (lactones) is 1. The van der Waals surface area contributed by atoms with Crippen molar-refractivity contribution >= 4 is 12.0 Å². The molecular weight excluding hydrogens is 230 g/mol. The molecule has 1 aliphatic carbocycles. The smallest absolute Gasteiger partial charge is 0.416 e. The van der Waals surface area contributed by atoms with E-state index >= 15 is 0 Å². The van der Waals surface area contributed by atoms with Gasteiger partial charge in [0.2, 0.25) is 5.91 Å². The predicted molar refractivity (Wildman–Crippen MR) is 67.9 cm³/mol. The van der Waals surface area contributed by atoms with E-state index in [1.807, 2.05) is 20.8 Å². The highest BCUT2D eigenvalue weighted by Gasteiger charge is 2.42. The van der Waals surface area contributed by atoms with Crippen molar-refractivity contribution in [2.75, 3.05) is 6.61 Å². The van der Waals surface area contributed by atoms with Crippen LogP contribution in [0.25, 0.3) is 0 Å². The van der Waals surface area contributed by atoms with E-state index in [0.29, 0.717) is 12.5 Å². The lowest BCUT2D eigenvalue weighted by Crippen LogP contribution is -2.45. The number of rotatable bonds is 3. The average Bonchev–Trinajstić information content (AvgIpc) is 2.95. The Morgan fingerprint density at radius 2 is 1.89 bits per heavy atom. The zero-order valence-corrected chi connectivity index (χ0v) is 11.5. The van der Waals surface area contributed by atoms with E-state index in [1.54, 1.807) is 0 Å². The summed E-state index contributed by atoms with van der Waals surface area (Å²) in [5.74, 6) is 0.595. The average molecular weight is 253 g/mol. The molecule has 2 unspecified atom stereocenters. The normalized spacial score (nSPS) is 26.8. The van der Waals surface area contributed by atoms with Crippen LogP contribution in [0, 0.1) is 17.8 Å². The number of nitrogens with zero attached hydrogens (tertiary/aromatic N) is 1. The van der Waals surface area contributed by atoms with Gasteiger partial charge in [0.05, 0.1) is 6.04 Å². The fourth-order valence-corrected chi connectivity index (χ4v) is 3.06. The minimum absolute atomic E-state index is 0.0388. The highest BCUT2D eigenvalue weighted by Crippen LogP contribution is 2.33. The molecule has 0 bridgehead atoms.